The first-order chi connectivity index (χ1) is 29.2. The second-order valence-electron chi connectivity index (χ2n) is 14.5. The van der Waals surface area contributed by atoms with E-state index < -0.39 is 0 Å². The maximum atomic E-state index is 6.43. The van der Waals surface area contributed by atoms with Crippen molar-refractivity contribution in [1.29, 1.82) is 0 Å². The molecule has 3 heterocycles. The van der Waals surface area contributed by atoms with E-state index in [-0.39, 0.29) is 0 Å². The van der Waals surface area contributed by atoms with Crippen LogP contribution >= 0.6 is 0 Å². The number of furan rings is 1. The van der Waals surface area contributed by atoms with Crippen LogP contribution in [0.15, 0.2) is 205 Å². The molecule has 0 radical (unpaired) electrons. The van der Waals surface area contributed by atoms with Gasteiger partial charge in [0.1, 0.15) is 11.2 Å². The third-order valence-electron chi connectivity index (χ3n) is 10.7. The fourth-order valence-corrected chi connectivity index (χ4v) is 7.76. The molecule has 0 N–H and O–H groups in total. The fraction of sp³-hybridized carbons (Fsp3) is 0. The van der Waals surface area contributed by atoms with Gasteiger partial charge >= 0.3 is 0 Å². The van der Waals surface area contributed by atoms with Crippen LogP contribution in [-0.4, -0.2) is 24.9 Å². The van der Waals surface area contributed by atoms with Gasteiger partial charge in [-0.1, -0.05) is 158 Å². The van der Waals surface area contributed by atoms with Gasteiger partial charge in [-0.25, -0.2) is 24.9 Å². The third-order valence-corrected chi connectivity index (χ3v) is 10.7. The second-order valence-corrected chi connectivity index (χ2v) is 14.5. The Morgan fingerprint density at radius 1 is 0.271 bits per heavy atom. The quantitative estimate of drug-likeness (QED) is 0.161. The lowest BCUT2D eigenvalue weighted by molar-refractivity contribution is 0.672. The van der Waals surface area contributed by atoms with E-state index in [1.54, 1.807) is 0 Å². The van der Waals surface area contributed by atoms with Gasteiger partial charge in [-0.3, -0.25) is 0 Å². The molecule has 0 unspecified atom stereocenters. The van der Waals surface area contributed by atoms with E-state index >= 15 is 0 Å². The summed E-state index contributed by atoms with van der Waals surface area (Å²) in [7, 11) is 0. The number of nitrogens with zero attached hydrogens (tertiary/aromatic N) is 5. The van der Waals surface area contributed by atoms with Crippen LogP contribution in [0.4, 0.5) is 0 Å². The van der Waals surface area contributed by atoms with Crippen molar-refractivity contribution >= 4 is 32.7 Å². The zero-order valence-electron chi connectivity index (χ0n) is 31.7. The Balaban J connectivity index is 1.00. The van der Waals surface area contributed by atoms with Crippen LogP contribution in [0, 0.1) is 0 Å². The molecule has 8 aromatic carbocycles. The summed E-state index contributed by atoms with van der Waals surface area (Å²) in [6.07, 6.45) is 0. The maximum absolute atomic E-state index is 6.43. The number of fused-ring (bicyclic) bond motifs is 5. The molecule has 6 nitrogen and oxygen atoms in total. The van der Waals surface area contributed by atoms with E-state index in [4.69, 9.17) is 29.3 Å². The van der Waals surface area contributed by atoms with Crippen LogP contribution in [0.5, 0.6) is 0 Å². The van der Waals surface area contributed by atoms with Gasteiger partial charge in [-0.2, -0.15) is 0 Å². The first-order valence-electron chi connectivity index (χ1n) is 19.6. The highest BCUT2D eigenvalue weighted by Crippen LogP contribution is 2.37. The molecule has 59 heavy (non-hydrogen) atoms. The van der Waals surface area contributed by atoms with Crippen molar-refractivity contribution in [1.82, 2.24) is 24.9 Å². The fourth-order valence-electron chi connectivity index (χ4n) is 7.76. The largest absolute Gasteiger partial charge is 0.455 e. The summed E-state index contributed by atoms with van der Waals surface area (Å²) in [6.45, 7) is 0. The Hall–Kier alpha value is -8.09. The average molecular weight is 756 g/mol. The molecule has 0 bridgehead atoms. The van der Waals surface area contributed by atoms with E-state index in [1.165, 1.54) is 0 Å². The zero-order chi connectivity index (χ0) is 39.1. The minimum Gasteiger partial charge on any atom is -0.455 e. The number of benzene rings is 8. The lowest BCUT2D eigenvalue weighted by Gasteiger charge is -2.11. The lowest BCUT2D eigenvalue weighted by Crippen LogP contribution is -2.00. The van der Waals surface area contributed by atoms with Crippen molar-refractivity contribution in [3.8, 4) is 79.2 Å². The van der Waals surface area contributed by atoms with Crippen LogP contribution in [0.2, 0.25) is 0 Å². The van der Waals surface area contributed by atoms with Gasteiger partial charge in [-0.05, 0) is 59.0 Å². The molecule has 0 aliphatic carbocycles. The van der Waals surface area contributed by atoms with Crippen LogP contribution in [0.3, 0.4) is 0 Å². The third kappa shape index (κ3) is 6.49. The zero-order valence-corrected chi connectivity index (χ0v) is 31.7. The summed E-state index contributed by atoms with van der Waals surface area (Å²) in [5.74, 6) is 2.47. The van der Waals surface area contributed by atoms with Crippen molar-refractivity contribution < 1.29 is 4.42 Å². The Kier molecular flexibility index (Phi) is 8.37. The molecule has 0 atom stereocenters. The van der Waals surface area contributed by atoms with Gasteiger partial charge in [0.2, 0.25) is 0 Å². The van der Waals surface area contributed by atoms with Gasteiger partial charge in [0.15, 0.2) is 23.3 Å². The lowest BCUT2D eigenvalue weighted by atomic mass is 9.99. The van der Waals surface area contributed by atoms with Crippen molar-refractivity contribution in [3.63, 3.8) is 0 Å². The van der Waals surface area contributed by atoms with Crippen molar-refractivity contribution in [2.75, 3.05) is 0 Å². The molecule has 0 spiro atoms. The van der Waals surface area contributed by atoms with Gasteiger partial charge in [0, 0.05) is 49.5 Å². The van der Waals surface area contributed by atoms with Crippen LogP contribution in [0.25, 0.3) is 112 Å². The molecule has 0 saturated heterocycles. The van der Waals surface area contributed by atoms with E-state index in [0.717, 1.165) is 88.6 Å². The molecule has 6 heteroatoms. The summed E-state index contributed by atoms with van der Waals surface area (Å²) >= 11 is 0. The first kappa shape index (κ1) is 34.2. The number of aromatic nitrogens is 5. The van der Waals surface area contributed by atoms with Crippen molar-refractivity contribution in [3.05, 3.63) is 200 Å². The Bertz CT molecular complexity index is 3270. The summed E-state index contributed by atoms with van der Waals surface area (Å²) in [6, 6.07) is 68.2. The molecule has 0 aliphatic rings. The van der Waals surface area contributed by atoms with E-state index in [9.17, 15) is 0 Å². The molecule has 0 aliphatic heterocycles. The molecule has 11 rings (SSSR count). The van der Waals surface area contributed by atoms with E-state index in [2.05, 4.69) is 97.1 Å². The average Bonchev–Trinajstić information content (AvgIpc) is 3.71. The van der Waals surface area contributed by atoms with Crippen LogP contribution in [-0.2, 0) is 0 Å². The van der Waals surface area contributed by atoms with Crippen molar-refractivity contribution in [2.24, 2.45) is 0 Å². The summed E-state index contributed by atoms with van der Waals surface area (Å²) in [5.41, 5.74) is 11.2. The summed E-state index contributed by atoms with van der Waals surface area (Å²) < 4.78 is 6.43. The number of hydrogen-bond donors (Lipinski definition) is 0. The molecule has 276 valence electrons. The smallest absolute Gasteiger partial charge is 0.164 e. The highest BCUT2D eigenvalue weighted by molar-refractivity contribution is 6.15. The minimum atomic E-state index is 0.588. The van der Waals surface area contributed by atoms with Crippen LogP contribution in [0.1, 0.15) is 0 Å². The van der Waals surface area contributed by atoms with Gasteiger partial charge in [0.05, 0.1) is 11.4 Å². The molecular formula is C53H33N5O. The predicted octanol–water partition coefficient (Wildman–Crippen LogP) is 13.4. The number of rotatable bonds is 7. The summed E-state index contributed by atoms with van der Waals surface area (Å²) in [4.78, 5) is 25.3. The molecule has 0 saturated carbocycles. The van der Waals surface area contributed by atoms with Crippen molar-refractivity contribution in [2.45, 2.75) is 0 Å². The maximum Gasteiger partial charge on any atom is 0.164 e. The normalized spacial score (nSPS) is 11.4. The molecule has 11 aromatic rings. The first-order valence-corrected chi connectivity index (χ1v) is 19.6. The van der Waals surface area contributed by atoms with Gasteiger partial charge in [0.25, 0.3) is 0 Å². The Labute approximate surface area is 340 Å². The number of hydrogen-bond acceptors (Lipinski definition) is 6. The highest BCUT2D eigenvalue weighted by Gasteiger charge is 2.17. The molecule has 0 fully saturated rings. The van der Waals surface area contributed by atoms with Crippen LogP contribution < -0.4 is 0 Å². The highest BCUT2D eigenvalue weighted by atomic mass is 16.3. The second kappa shape index (κ2) is 14.4. The SMILES string of the molecule is c1ccc(-c2cc(-c3cccc(-c4cccc(-c5nc(-c6ccccc6)nc(-c6ccc7oc8c9ccccc9ccc8c7c6)n5)c4)c3)nc(-c3ccccc3)n2)cc1. The van der Waals surface area contributed by atoms with E-state index in [0.29, 0.717) is 23.3 Å². The van der Waals surface area contributed by atoms with E-state index in [1.807, 2.05) is 103 Å². The Morgan fingerprint density at radius 3 is 1.44 bits per heavy atom. The standard InChI is InChI=1S/C53H33N5O/c1-4-15-35(16-5-1)46-33-47(55-50(54-46)36-17-6-2-7-18-36)40-23-12-21-38(30-40)39-22-13-24-41(31-39)52-56-51(37-19-8-3-9-20-37)57-53(58-52)42-27-29-48-45(32-42)44-28-26-34-14-10-11-25-43(34)49(44)59-48/h1-33H. The van der Waals surface area contributed by atoms with Gasteiger partial charge < -0.3 is 4.42 Å². The van der Waals surface area contributed by atoms with Gasteiger partial charge in [-0.15, -0.1) is 0 Å². The topological polar surface area (TPSA) is 77.6 Å². The predicted molar refractivity (Wildman–Crippen MR) is 238 cm³/mol. The Morgan fingerprint density at radius 2 is 0.763 bits per heavy atom. The molecular weight excluding hydrogens is 723 g/mol. The minimum absolute atomic E-state index is 0.588. The molecule has 3 aromatic heterocycles. The summed E-state index contributed by atoms with van der Waals surface area (Å²) in [5, 5.41) is 4.31. The molecule has 0 amide bonds. The monoisotopic (exact) mass is 755 g/mol.